The van der Waals surface area contributed by atoms with E-state index >= 15 is 0 Å². The molecule has 0 amide bonds. The fourth-order valence-electron chi connectivity index (χ4n) is 3.13. The lowest BCUT2D eigenvalue weighted by Crippen LogP contribution is -2.13. The van der Waals surface area contributed by atoms with Gasteiger partial charge in [-0.2, -0.15) is 0 Å². The van der Waals surface area contributed by atoms with Gasteiger partial charge in [0.2, 0.25) is 0 Å². The predicted octanol–water partition coefficient (Wildman–Crippen LogP) is 6.88. The highest BCUT2D eigenvalue weighted by atomic mass is 32.2. The maximum atomic E-state index is 12.9. The highest BCUT2D eigenvalue weighted by Gasteiger charge is 2.16. The maximum absolute atomic E-state index is 12.9. The predicted molar refractivity (Wildman–Crippen MR) is 131 cm³/mol. The molecule has 0 spiro atoms. The Labute approximate surface area is 193 Å². The number of rotatable bonds is 8. The fourth-order valence-corrected chi connectivity index (χ4v) is 5.12. The molecule has 0 fully saturated rings. The van der Waals surface area contributed by atoms with Gasteiger partial charge in [-0.05, 0) is 72.6 Å². The van der Waals surface area contributed by atoms with Gasteiger partial charge >= 0.3 is 0 Å². The van der Waals surface area contributed by atoms with Crippen LogP contribution in [0, 0.1) is 6.92 Å². The van der Waals surface area contributed by atoms with E-state index in [1.807, 2.05) is 73.7 Å². The summed E-state index contributed by atoms with van der Waals surface area (Å²) in [5.41, 5.74) is 2.59. The first-order chi connectivity index (χ1) is 15.5. The largest absolute Gasteiger partial charge is 0.457 e. The van der Waals surface area contributed by atoms with Crippen LogP contribution >= 0.6 is 11.8 Å². The number of ether oxygens (including phenoxy) is 1. The Balaban J connectivity index is 1.42. The molecule has 4 nitrogen and oxygen atoms in total. The number of para-hydroxylation sites is 1. The summed E-state index contributed by atoms with van der Waals surface area (Å²) in [6.45, 7) is 1.91. The summed E-state index contributed by atoms with van der Waals surface area (Å²) in [5, 5.41) is 0. The average molecular weight is 462 g/mol. The Morgan fingerprint density at radius 1 is 0.781 bits per heavy atom. The molecule has 4 rings (SSSR count). The number of thioether (sulfide) groups is 1. The van der Waals surface area contributed by atoms with Gasteiger partial charge < -0.3 is 4.74 Å². The van der Waals surface area contributed by atoms with E-state index in [1.54, 1.807) is 36.0 Å². The minimum absolute atomic E-state index is 0.182. The van der Waals surface area contributed by atoms with Crippen LogP contribution in [-0.4, -0.2) is 8.42 Å². The van der Waals surface area contributed by atoms with Crippen LogP contribution < -0.4 is 9.46 Å². The number of nitrogens with one attached hydrogen (secondary N) is 1. The van der Waals surface area contributed by atoms with Crippen molar-refractivity contribution in [3.05, 3.63) is 114 Å². The number of hydrogen-bond donors (Lipinski definition) is 1. The van der Waals surface area contributed by atoms with Gasteiger partial charge in [-0.1, -0.05) is 48.5 Å². The average Bonchev–Trinajstić information content (AvgIpc) is 2.81. The summed E-state index contributed by atoms with van der Waals surface area (Å²) in [5.74, 6) is 2.09. The summed E-state index contributed by atoms with van der Waals surface area (Å²) in [6.07, 6.45) is 0. The van der Waals surface area contributed by atoms with E-state index in [1.165, 1.54) is 4.90 Å². The monoisotopic (exact) mass is 461 g/mol. The maximum Gasteiger partial charge on any atom is 0.261 e. The zero-order chi connectivity index (χ0) is 22.4. The lowest BCUT2D eigenvalue weighted by Gasteiger charge is -2.13. The molecule has 0 atom stereocenters. The van der Waals surface area contributed by atoms with Crippen LogP contribution in [0.25, 0.3) is 0 Å². The molecule has 6 heteroatoms. The summed E-state index contributed by atoms with van der Waals surface area (Å²) < 4.78 is 34.2. The second-order valence-electron chi connectivity index (χ2n) is 7.24. The molecule has 0 aromatic heterocycles. The molecule has 4 aromatic rings. The van der Waals surface area contributed by atoms with Crippen molar-refractivity contribution in [1.29, 1.82) is 0 Å². The smallest absolute Gasteiger partial charge is 0.261 e. The van der Waals surface area contributed by atoms with E-state index in [0.717, 1.165) is 16.9 Å². The van der Waals surface area contributed by atoms with E-state index in [2.05, 4.69) is 16.9 Å². The second-order valence-corrected chi connectivity index (χ2v) is 9.97. The van der Waals surface area contributed by atoms with Crippen LogP contribution in [-0.2, 0) is 15.8 Å². The van der Waals surface area contributed by atoms with Gasteiger partial charge in [-0.25, -0.2) is 8.42 Å². The Morgan fingerprint density at radius 3 is 2.06 bits per heavy atom. The standard InChI is InChI=1S/C26H23NO3S2/c1-20-18-21(19-31-24-10-6-3-7-11-24)12-17-26(20)27-32(28,29)25-15-13-23(14-16-25)30-22-8-4-2-5-9-22/h2-18,27H,19H2,1H3. The molecule has 4 aromatic carbocycles. The van der Waals surface area contributed by atoms with E-state index < -0.39 is 10.0 Å². The van der Waals surface area contributed by atoms with Crippen molar-refractivity contribution < 1.29 is 13.2 Å². The van der Waals surface area contributed by atoms with Gasteiger partial charge in [0.15, 0.2) is 0 Å². The highest BCUT2D eigenvalue weighted by molar-refractivity contribution is 7.98. The van der Waals surface area contributed by atoms with Crippen LogP contribution in [0.1, 0.15) is 11.1 Å². The first-order valence-corrected chi connectivity index (χ1v) is 12.6. The summed E-state index contributed by atoms with van der Waals surface area (Å²) in [7, 11) is -3.70. The Kier molecular flexibility index (Phi) is 6.83. The molecule has 0 unspecified atom stereocenters. The molecule has 0 aliphatic rings. The van der Waals surface area contributed by atoms with Gasteiger partial charge in [0.05, 0.1) is 10.6 Å². The van der Waals surface area contributed by atoms with Gasteiger partial charge in [0.1, 0.15) is 11.5 Å². The van der Waals surface area contributed by atoms with E-state index in [4.69, 9.17) is 4.74 Å². The van der Waals surface area contributed by atoms with Crippen molar-refractivity contribution in [1.82, 2.24) is 0 Å². The number of aryl methyl sites for hydroxylation is 1. The second kappa shape index (κ2) is 9.94. The van der Waals surface area contributed by atoms with Gasteiger partial charge in [0.25, 0.3) is 10.0 Å². The van der Waals surface area contributed by atoms with Crippen molar-refractivity contribution >= 4 is 27.5 Å². The molecular weight excluding hydrogens is 438 g/mol. The van der Waals surface area contributed by atoms with E-state index in [-0.39, 0.29) is 4.90 Å². The molecule has 0 aliphatic carbocycles. The van der Waals surface area contributed by atoms with Crippen LogP contribution in [0.5, 0.6) is 11.5 Å². The molecule has 0 radical (unpaired) electrons. The Bertz CT molecular complexity index is 1270. The lowest BCUT2D eigenvalue weighted by atomic mass is 10.1. The van der Waals surface area contributed by atoms with Crippen molar-refractivity contribution in [3.8, 4) is 11.5 Å². The first kappa shape index (κ1) is 22.0. The molecule has 0 saturated carbocycles. The summed E-state index contributed by atoms with van der Waals surface area (Å²) >= 11 is 1.75. The SMILES string of the molecule is Cc1cc(CSc2ccccc2)ccc1NS(=O)(=O)c1ccc(Oc2ccccc2)cc1. The normalized spacial score (nSPS) is 11.2. The third-order valence-corrected chi connectivity index (χ3v) is 7.26. The molecule has 0 bridgehead atoms. The van der Waals surface area contributed by atoms with Crippen molar-refractivity contribution in [2.24, 2.45) is 0 Å². The van der Waals surface area contributed by atoms with Crippen LogP contribution in [0.15, 0.2) is 113 Å². The third kappa shape index (κ3) is 5.72. The summed E-state index contributed by atoms with van der Waals surface area (Å²) in [6, 6.07) is 31.7. The van der Waals surface area contributed by atoms with Crippen LogP contribution in [0.3, 0.4) is 0 Å². The minimum atomic E-state index is -3.70. The first-order valence-electron chi connectivity index (χ1n) is 10.1. The van der Waals surface area contributed by atoms with E-state index in [9.17, 15) is 8.42 Å². The quantitative estimate of drug-likeness (QED) is 0.291. The Morgan fingerprint density at radius 2 is 1.41 bits per heavy atom. The molecule has 0 aliphatic heterocycles. The van der Waals surface area contributed by atoms with Crippen molar-refractivity contribution in [2.45, 2.75) is 22.5 Å². The van der Waals surface area contributed by atoms with Gasteiger partial charge in [0, 0.05) is 10.6 Å². The highest BCUT2D eigenvalue weighted by Crippen LogP contribution is 2.27. The molecule has 1 N–H and O–H groups in total. The number of sulfonamides is 1. The van der Waals surface area contributed by atoms with Crippen LogP contribution in [0.2, 0.25) is 0 Å². The minimum Gasteiger partial charge on any atom is -0.457 e. The molecule has 0 saturated heterocycles. The number of anilines is 1. The van der Waals surface area contributed by atoms with E-state index in [0.29, 0.717) is 17.2 Å². The number of hydrogen-bond acceptors (Lipinski definition) is 4. The van der Waals surface area contributed by atoms with Crippen LogP contribution in [0.4, 0.5) is 5.69 Å². The fraction of sp³-hybridized carbons (Fsp3) is 0.0769. The molecule has 32 heavy (non-hydrogen) atoms. The third-order valence-electron chi connectivity index (χ3n) is 4.80. The molecule has 0 heterocycles. The lowest BCUT2D eigenvalue weighted by molar-refractivity contribution is 0.482. The van der Waals surface area contributed by atoms with Gasteiger partial charge in [-0.15, -0.1) is 11.8 Å². The molecule has 162 valence electrons. The Hall–Kier alpha value is -3.22. The van der Waals surface area contributed by atoms with Gasteiger partial charge in [-0.3, -0.25) is 4.72 Å². The zero-order valence-corrected chi connectivity index (χ0v) is 19.2. The van der Waals surface area contributed by atoms with Crippen molar-refractivity contribution in [3.63, 3.8) is 0 Å². The number of benzene rings is 4. The molecular formula is C26H23NO3S2. The van der Waals surface area contributed by atoms with Crippen molar-refractivity contribution in [2.75, 3.05) is 4.72 Å². The summed E-state index contributed by atoms with van der Waals surface area (Å²) in [4.78, 5) is 1.38. The topological polar surface area (TPSA) is 55.4 Å². The zero-order valence-electron chi connectivity index (χ0n) is 17.6.